The molecule has 2 aliphatic carbocycles. The number of hydrogen-bond acceptors (Lipinski definition) is 10. The average molecular weight is 737 g/mol. The summed E-state index contributed by atoms with van der Waals surface area (Å²) in [4.78, 5) is 54.5. The van der Waals surface area contributed by atoms with Gasteiger partial charge >= 0.3 is 6.03 Å². The SMILES string of the molecule is COc1ccc2c(O[C@@H]3C[C@H]4C(=O)N[C@]5(C(=O)NS(=O)(=O)C6CC6)C[C@H]5C=CCCCCN(C)C(=O)N4C3)cc(-c3nc(C(C)C)cs3)nc2c1. The maximum atomic E-state index is 14.2. The molecule has 2 aromatic heterocycles. The van der Waals surface area contributed by atoms with Gasteiger partial charge in [-0.25, -0.2) is 23.2 Å². The van der Waals surface area contributed by atoms with Crippen molar-refractivity contribution in [3.05, 3.63) is 47.5 Å². The second-order valence-corrected chi connectivity index (χ2v) is 17.2. The molecular weight excluding hydrogens is 693 g/mol. The van der Waals surface area contributed by atoms with Crippen molar-refractivity contribution in [2.24, 2.45) is 5.92 Å². The molecule has 1 aromatic carbocycles. The van der Waals surface area contributed by atoms with E-state index in [-0.39, 0.29) is 37.3 Å². The first-order valence-electron chi connectivity index (χ1n) is 17.6. The van der Waals surface area contributed by atoms with Gasteiger partial charge in [0.2, 0.25) is 15.9 Å². The Labute approximate surface area is 301 Å². The van der Waals surface area contributed by atoms with Crippen molar-refractivity contribution in [3.8, 4) is 22.2 Å². The van der Waals surface area contributed by atoms with Gasteiger partial charge in [0.1, 0.15) is 39.9 Å². The Morgan fingerprint density at radius 3 is 2.69 bits per heavy atom. The lowest BCUT2D eigenvalue weighted by Crippen LogP contribution is -2.57. The first-order valence-corrected chi connectivity index (χ1v) is 20.0. The number of sulfonamides is 1. The predicted octanol–water partition coefficient (Wildman–Crippen LogP) is 4.59. The lowest BCUT2D eigenvalue weighted by atomic mass is 10.1. The van der Waals surface area contributed by atoms with Crippen molar-refractivity contribution in [1.29, 1.82) is 0 Å². The number of thiazole rings is 1. The molecule has 0 spiro atoms. The summed E-state index contributed by atoms with van der Waals surface area (Å²) >= 11 is 1.50. The van der Waals surface area contributed by atoms with Gasteiger partial charge < -0.3 is 24.6 Å². The minimum Gasteiger partial charge on any atom is -0.497 e. The number of nitrogens with zero attached hydrogens (tertiary/aromatic N) is 4. The van der Waals surface area contributed by atoms with E-state index < -0.39 is 44.8 Å². The first-order chi connectivity index (χ1) is 24.4. The lowest BCUT2D eigenvalue weighted by Gasteiger charge is -2.30. The Hall–Kier alpha value is -4.24. The summed E-state index contributed by atoms with van der Waals surface area (Å²) in [6, 6.07) is 6.11. The van der Waals surface area contributed by atoms with E-state index in [2.05, 4.69) is 23.9 Å². The number of nitrogens with one attached hydrogen (secondary N) is 2. The normalized spacial score (nSPS) is 25.6. The molecule has 1 saturated heterocycles. The van der Waals surface area contributed by atoms with Crippen LogP contribution in [0, 0.1) is 5.92 Å². The zero-order valence-electron chi connectivity index (χ0n) is 29.3. The van der Waals surface area contributed by atoms with Crippen LogP contribution in [-0.2, 0) is 19.6 Å². The molecule has 4 amide bonds. The molecule has 3 fully saturated rings. The number of methoxy groups -OCH3 is 1. The number of urea groups is 1. The molecule has 7 rings (SSSR count). The molecular formula is C36H44N6O7S2. The van der Waals surface area contributed by atoms with Crippen molar-refractivity contribution in [2.75, 3.05) is 27.2 Å². The molecule has 3 aromatic rings. The minimum atomic E-state index is -3.83. The largest absolute Gasteiger partial charge is 0.497 e. The summed E-state index contributed by atoms with van der Waals surface area (Å²) < 4.78 is 39.9. The third-order valence-electron chi connectivity index (χ3n) is 10.2. The maximum Gasteiger partial charge on any atom is 0.320 e. The number of benzene rings is 1. The van der Waals surface area contributed by atoms with Crippen LogP contribution in [0.25, 0.3) is 21.6 Å². The molecule has 4 aliphatic rings. The number of rotatable bonds is 8. The average Bonchev–Trinajstić information content (AvgIpc) is 3.98. The summed E-state index contributed by atoms with van der Waals surface area (Å²) in [5.74, 6) is -0.201. The van der Waals surface area contributed by atoms with Crippen molar-refractivity contribution >= 4 is 50.1 Å². The van der Waals surface area contributed by atoms with Gasteiger partial charge in [-0.2, -0.15) is 0 Å². The number of amides is 4. The third-order valence-corrected chi connectivity index (χ3v) is 12.9. The molecule has 13 nitrogen and oxygen atoms in total. The van der Waals surface area contributed by atoms with Gasteiger partial charge in [0.25, 0.3) is 5.91 Å². The van der Waals surface area contributed by atoms with E-state index in [0.29, 0.717) is 42.1 Å². The molecule has 0 bridgehead atoms. The number of fused-ring (bicyclic) bond motifs is 3. The number of allylic oxidation sites excluding steroid dienone is 1. The highest BCUT2D eigenvalue weighted by atomic mass is 32.2. The maximum absolute atomic E-state index is 14.2. The van der Waals surface area contributed by atoms with E-state index >= 15 is 0 Å². The van der Waals surface area contributed by atoms with Crippen LogP contribution in [0.5, 0.6) is 11.5 Å². The van der Waals surface area contributed by atoms with Crippen LogP contribution >= 0.6 is 11.3 Å². The number of hydrogen-bond donors (Lipinski definition) is 2. The van der Waals surface area contributed by atoms with Crippen LogP contribution in [0.1, 0.15) is 70.4 Å². The Balaban J connectivity index is 1.19. The molecule has 272 valence electrons. The monoisotopic (exact) mass is 736 g/mol. The third kappa shape index (κ3) is 7.14. The van der Waals surface area contributed by atoms with Gasteiger partial charge in [-0.05, 0) is 56.6 Å². The van der Waals surface area contributed by atoms with Gasteiger partial charge in [0.05, 0.1) is 30.1 Å². The smallest absolute Gasteiger partial charge is 0.320 e. The summed E-state index contributed by atoms with van der Waals surface area (Å²) in [7, 11) is -0.523. The predicted molar refractivity (Wildman–Crippen MR) is 193 cm³/mol. The Kier molecular flexibility index (Phi) is 9.46. The summed E-state index contributed by atoms with van der Waals surface area (Å²) in [5.41, 5.74) is 0.829. The van der Waals surface area contributed by atoms with E-state index in [1.807, 2.05) is 41.8 Å². The van der Waals surface area contributed by atoms with Crippen LogP contribution in [0.4, 0.5) is 4.79 Å². The van der Waals surface area contributed by atoms with E-state index in [0.717, 1.165) is 35.4 Å². The summed E-state index contributed by atoms with van der Waals surface area (Å²) in [6.07, 6.45) is 7.06. The highest BCUT2D eigenvalue weighted by molar-refractivity contribution is 7.91. The Morgan fingerprint density at radius 2 is 1.96 bits per heavy atom. The van der Waals surface area contributed by atoms with Crippen molar-refractivity contribution in [2.45, 2.75) is 87.6 Å². The quantitative estimate of drug-likeness (QED) is 0.316. The van der Waals surface area contributed by atoms with E-state index in [1.54, 1.807) is 19.1 Å². The van der Waals surface area contributed by atoms with Crippen LogP contribution in [0.15, 0.2) is 41.8 Å². The second-order valence-electron chi connectivity index (χ2n) is 14.3. The van der Waals surface area contributed by atoms with Crippen LogP contribution < -0.4 is 19.5 Å². The molecule has 0 unspecified atom stereocenters. The molecule has 2 aliphatic heterocycles. The fourth-order valence-corrected chi connectivity index (χ4v) is 9.16. The molecule has 2 saturated carbocycles. The van der Waals surface area contributed by atoms with E-state index in [1.165, 1.54) is 16.2 Å². The molecule has 4 heterocycles. The highest BCUT2D eigenvalue weighted by Gasteiger charge is 2.62. The van der Waals surface area contributed by atoms with Gasteiger partial charge in [0, 0.05) is 48.8 Å². The fraction of sp³-hybridized carbons (Fsp3) is 0.528. The van der Waals surface area contributed by atoms with Crippen molar-refractivity contribution < 1.29 is 32.3 Å². The van der Waals surface area contributed by atoms with Gasteiger partial charge in [-0.15, -0.1) is 11.3 Å². The zero-order valence-corrected chi connectivity index (χ0v) is 30.9. The molecule has 51 heavy (non-hydrogen) atoms. The summed E-state index contributed by atoms with van der Waals surface area (Å²) in [5, 5.41) is 5.83. The fourth-order valence-electron chi connectivity index (χ4n) is 6.86. The van der Waals surface area contributed by atoms with Crippen molar-refractivity contribution in [3.63, 3.8) is 0 Å². The second kappa shape index (κ2) is 13.7. The lowest BCUT2D eigenvalue weighted by molar-refractivity contribution is -0.131. The van der Waals surface area contributed by atoms with Crippen molar-refractivity contribution in [1.82, 2.24) is 29.8 Å². The Morgan fingerprint density at radius 1 is 1.16 bits per heavy atom. The number of pyridine rings is 1. The topological polar surface area (TPSA) is 160 Å². The van der Waals surface area contributed by atoms with Gasteiger partial charge in [0.15, 0.2) is 0 Å². The van der Waals surface area contributed by atoms with E-state index in [9.17, 15) is 22.8 Å². The van der Waals surface area contributed by atoms with Gasteiger partial charge in [-0.1, -0.05) is 26.0 Å². The van der Waals surface area contributed by atoms with Gasteiger partial charge in [-0.3, -0.25) is 14.3 Å². The standard InChI is InChI=1S/C36H44N6O7S2/c1-21(2)29-20-50-33(38-29)28-17-31(26-13-10-23(48-4)15-27(26)37-28)49-24-16-30-32(43)39-36(34(44)40-51(46,47)25-11-12-25)18-22(36)9-7-5-6-8-14-41(3)35(45)42(30)19-24/h7,9-10,13,15,17,20-22,24-25,30H,5-6,8,11-12,14,16,18-19H2,1-4H3,(H,39,43)(H,40,44)/t22-,24-,30+,36-/m1/s1. The number of carbonyl (C=O) groups is 3. The number of carbonyl (C=O) groups excluding carboxylic acids is 3. The number of aromatic nitrogens is 2. The highest BCUT2D eigenvalue weighted by Crippen LogP contribution is 2.46. The number of ether oxygens (including phenoxy) is 2. The van der Waals surface area contributed by atoms with Crippen LogP contribution in [-0.4, -0.2) is 96.2 Å². The Bertz CT molecular complexity index is 1990. The van der Waals surface area contributed by atoms with Crippen LogP contribution in [0.2, 0.25) is 0 Å². The zero-order chi connectivity index (χ0) is 36.1. The molecule has 0 radical (unpaired) electrons. The molecule has 2 N–H and O–H groups in total. The summed E-state index contributed by atoms with van der Waals surface area (Å²) in [6.45, 7) is 4.82. The molecule has 15 heteroatoms. The first kappa shape index (κ1) is 35.2. The van der Waals surface area contributed by atoms with E-state index in [4.69, 9.17) is 19.4 Å². The van der Waals surface area contributed by atoms with Crippen LogP contribution in [0.3, 0.4) is 0 Å². The minimum absolute atomic E-state index is 0.129. The molecule has 4 atom stereocenters.